The summed E-state index contributed by atoms with van der Waals surface area (Å²) in [4.78, 5) is 4.75. The Morgan fingerprint density at radius 2 is 1.70 bits per heavy atom. The molecular weight excluding hydrogens is 459 g/mol. The fraction of sp³-hybridized carbons (Fsp3) is 0.538. The lowest BCUT2D eigenvalue weighted by Gasteiger charge is -2.30. The van der Waals surface area contributed by atoms with Crippen LogP contribution in [0.25, 0.3) is 0 Å². The van der Waals surface area contributed by atoms with Crippen LogP contribution >= 0.6 is 23.2 Å². The van der Waals surface area contributed by atoms with Gasteiger partial charge in [0.25, 0.3) is 0 Å². The largest absolute Gasteiger partial charge is 0.493 e. The highest BCUT2D eigenvalue weighted by molar-refractivity contribution is 6.34. The summed E-state index contributed by atoms with van der Waals surface area (Å²) in [5.41, 5.74) is 1.19. The van der Waals surface area contributed by atoms with Crippen LogP contribution in [0.3, 0.4) is 0 Å². The summed E-state index contributed by atoms with van der Waals surface area (Å²) >= 11 is 12.0. The molecule has 182 valence electrons. The summed E-state index contributed by atoms with van der Waals surface area (Å²) in [7, 11) is 3.80. The minimum Gasteiger partial charge on any atom is -0.493 e. The first-order valence-electron chi connectivity index (χ1n) is 11.7. The Morgan fingerprint density at radius 1 is 0.970 bits per heavy atom. The zero-order valence-electron chi connectivity index (χ0n) is 20.0. The number of likely N-dealkylation sites (tertiary alicyclic amines) is 1. The van der Waals surface area contributed by atoms with Crippen molar-refractivity contribution in [1.29, 1.82) is 0 Å². The normalized spacial score (nSPS) is 15.1. The van der Waals surface area contributed by atoms with Crippen molar-refractivity contribution in [3.63, 3.8) is 0 Å². The minimum absolute atomic E-state index is 0.581. The van der Waals surface area contributed by atoms with Gasteiger partial charge in [0, 0.05) is 29.7 Å². The lowest BCUT2D eigenvalue weighted by molar-refractivity contribution is 0.158. The molecule has 0 amide bonds. The van der Waals surface area contributed by atoms with Crippen molar-refractivity contribution in [3.05, 3.63) is 52.0 Å². The van der Waals surface area contributed by atoms with Gasteiger partial charge >= 0.3 is 0 Å². The van der Waals surface area contributed by atoms with E-state index in [2.05, 4.69) is 35.9 Å². The van der Waals surface area contributed by atoms with Gasteiger partial charge in [-0.25, -0.2) is 0 Å². The van der Waals surface area contributed by atoms with Crippen LogP contribution in [0.15, 0.2) is 36.4 Å². The Labute approximate surface area is 208 Å². The molecule has 3 rings (SSSR count). The van der Waals surface area contributed by atoms with Gasteiger partial charge in [-0.15, -0.1) is 0 Å². The van der Waals surface area contributed by atoms with Crippen LogP contribution < -0.4 is 14.2 Å². The quantitative estimate of drug-likeness (QED) is 0.337. The van der Waals surface area contributed by atoms with Gasteiger partial charge in [-0.3, -0.25) is 4.90 Å². The number of halogens is 2. The topological polar surface area (TPSA) is 34.2 Å². The van der Waals surface area contributed by atoms with Crippen LogP contribution in [0.2, 0.25) is 10.0 Å². The predicted molar refractivity (Wildman–Crippen MR) is 136 cm³/mol. The highest BCUT2D eigenvalue weighted by atomic mass is 35.5. The molecule has 1 aliphatic heterocycles. The monoisotopic (exact) mass is 494 g/mol. The van der Waals surface area contributed by atoms with Gasteiger partial charge in [0.2, 0.25) is 0 Å². The molecule has 0 aromatic heterocycles. The molecule has 0 atom stereocenters. The maximum Gasteiger partial charge on any atom is 0.161 e. The number of ether oxygens (including phenoxy) is 3. The van der Waals surface area contributed by atoms with E-state index >= 15 is 0 Å². The summed E-state index contributed by atoms with van der Waals surface area (Å²) in [6, 6.07) is 11.5. The van der Waals surface area contributed by atoms with Gasteiger partial charge in [0.1, 0.15) is 12.4 Å². The third-order valence-electron chi connectivity index (χ3n) is 6.01. The number of benzene rings is 2. The lowest BCUT2D eigenvalue weighted by Crippen LogP contribution is -2.35. The molecule has 1 fully saturated rings. The molecule has 0 N–H and O–H groups in total. The van der Waals surface area contributed by atoms with Gasteiger partial charge in [0.05, 0.1) is 13.7 Å². The number of hydrogen-bond acceptors (Lipinski definition) is 5. The number of rotatable bonds is 12. The first-order valence-corrected chi connectivity index (χ1v) is 12.5. The van der Waals surface area contributed by atoms with Gasteiger partial charge in [-0.2, -0.15) is 0 Å². The molecule has 2 aromatic rings. The van der Waals surface area contributed by atoms with Crippen LogP contribution in [0.5, 0.6) is 17.2 Å². The Morgan fingerprint density at radius 3 is 2.39 bits per heavy atom. The van der Waals surface area contributed by atoms with Crippen molar-refractivity contribution in [2.45, 2.75) is 32.7 Å². The molecule has 0 saturated carbocycles. The van der Waals surface area contributed by atoms with E-state index in [0.717, 1.165) is 43.5 Å². The molecule has 2 aromatic carbocycles. The van der Waals surface area contributed by atoms with Crippen molar-refractivity contribution in [1.82, 2.24) is 9.80 Å². The van der Waals surface area contributed by atoms with E-state index in [1.54, 1.807) is 25.3 Å². The van der Waals surface area contributed by atoms with Gasteiger partial charge in [-0.05, 0) is 81.2 Å². The second-order valence-electron chi connectivity index (χ2n) is 8.90. The fourth-order valence-electron chi connectivity index (χ4n) is 4.03. The molecule has 1 heterocycles. The number of methoxy groups -OCH3 is 1. The highest BCUT2D eigenvalue weighted by Gasteiger charge is 2.15. The highest BCUT2D eigenvalue weighted by Crippen LogP contribution is 2.29. The standard InChI is InChI=1S/C26H36Cl2N2O3/c1-20-7-10-30(11-8-20)12-14-33-25-6-5-21(15-26(25)31-3)19-29(2)9-4-13-32-24-17-22(27)16-23(28)18-24/h5-6,15-18,20H,4,7-14,19H2,1-3H3. The lowest BCUT2D eigenvalue weighted by atomic mass is 9.99. The summed E-state index contributed by atoms with van der Waals surface area (Å²) in [5.74, 6) is 3.14. The van der Waals surface area contributed by atoms with E-state index in [1.165, 1.54) is 31.5 Å². The molecule has 1 saturated heterocycles. The molecular formula is C26H36Cl2N2O3. The molecule has 0 spiro atoms. The first-order chi connectivity index (χ1) is 15.9. The molecule has 0 unspecified atom stereocenters. The Bertz CT molecular complexity index is 852. The van der Waals surface area contributed by atoms with E-state index in [1.807, 2.05) is 6.07 Å². The number of hydrogen-bond donors (Lipinski definition) is 0. The zero-order chi connectivity index (χ0) is 23.6. The Hall–Kier alpha value is -1.66. The molecule has 0 bridgehead atoms. The molecule has 1 aliphatic rings. The van der Waals surface area contributed by atoms with Gasteiger partial charge < -0.3 is 19.1 Å². The van der Waals surface area contributed by atoms with Crippen molar-refractivity contribution in [2.24, 2.45) is 5.92 Å². The third-order valence-corrected chi connectivity index (χ3v) is 6.45. The van der Waals surface area contributed by atoms with Crippen molar-refractivity contribution in [2.75, 3.05) is 53.6 Å². The van der Waals surface area contributed by atoms with Crippen LogP contribution in [0.4, 0.5) is 0 Å². The first kappa shape index (κ1) is 26.0. The zero-order valence-corrected chi connectivity index (χ0v) is 21.5. The molecule has 5 nitrogen and oxygen atoms in total. The van der Waals surface area contributed by atoms with Crippen molar-refractivity contribution < 1.29 is 14.2 Å². The van der Waals surface area contributed by atoms with E-state index in [-0.39, 0.29) is 0 Å². The summed E-state index contributed by atoms with van der Waals surface area (Å²) in [6.07, 6.45) is 3.47. The SMILES string of the molecule is COc1cc(CN(C)CCCOc2cc(Cl)cc(Cl)c2)ccc1OCCN1CCC(C)CC1. The Kier molecular flexibility index (Phi) is 10.4. The van der Waals surface area contributed by atoms with E-state index in [0.29, 0.717) is 29.0 Å². The van der Waals surface area contributed by atoms with Crippen LogP contribution in [0, 0.1) is 5.92 Å². The predicted octanol–water partition coefficient (Wildman–Crippen LogP) is 6.01. The summed E-state index contributed by atoms with van der Waals surface area (Å²) in [5, 5.41) is 1.16. The fourth-order valence-corrected chi connectivity index (χ4v) is 4.53. The average Bonchev–Trinajstić information content (AvgIpc) is 2.78. The number of nitrogens with zero attached hydrogens (tertiary/aromatic N) is 2. The third kappa shape index (κ3) is 8.90. The average molecular weight is 495 g/mol. The van der Waals surface area contributed by atoms with Crippen LogP contribution in [-0.2, 0) is 6.54 Å². The Balaban J connectivity index is 1.39. The maximum atomic E-state index is 6.04. The molecule has 0 radical (unpaired) electrons. The van der Waals surface area contributed by atoms with E-state index in [4.69, 9.17) is 37.4 Å². The van der Waals surface area contributed by atoms with Gasteiger partial charge in [-0.1, -0.05) is 36.2 Å². The summed E-state index contributed by atoms with van der Waals surface area (Å²) in [6.45, 7) is 8.66. The smallest absolute Gasteiger partial charge is 0.161 e. The second-order valence-corrected chi connectivity index (χ2v) is 9.78. The maximum absolute atomic E-state index is 6.04. The molecule has 0 aliphatic carbocycles. The second kappa shape index (κ2) is 13.3. The summed E-state index contributed by atoms with van der Waals surface area (Å²) < 4.78 is 17.4. The minimum atomic E-state index is 0.581. The van der Waals surface area contributed by atoms with Crippen molar-refractivity contribution >= 4 is 23.2 Å². The van der Waals surface area contributed by atoms with Crippen molar-refractivity contribution in [3.8, 4) is 17.2 Å². The molecule has 7 heteroatoms. The van der Waals surface area contributed by atoms with Crippen LogP contribution in [0.1, 0.15) is 31.7 Å². The number of piperidine rings is 1. The van der Waals surface area contributed by atoms with Gasteiger partial charge in [0.15, 0.2) is 11.5 Å². The van der Waals surface area contributed by atoms with E-state index < -0.39 is 0 Å². The van der Waals surface area contributed by atoms with E-state index in [9.17, 15) is 0 Å². The molecule has 33 heavy (non-hydrogen) atoms. The van der Waals surface area contributed by atoms with Crippen LogP contribution in [-0.4, -0.2) is 63.4 Å².